The monoisotopic (exact) mass is 818 g/mol. The van der Waals surface area contributed by atoms with Crippen LogP contribution >= 0.6 is 0 Å². The maximum atomic E-state index is 2.41. The smallest absolute Gasteiger partial charge is 0.0547 e. The Morgan fingerprint density at radius 2 is 0.609 bits per heavy atom. The van der Waals surface area contributed by atoms with Crippen molar-refractivity contribution in [1.29, 1.82) is 0 Å². The predicted octanol–water partition coefficient (Wildman–Crippen LogP) is 16.5. The number of benzene rings is 10. The molecule has 302 valence electrons. The number of fused-ring (bicyclic) bond motifs is 6. The summed E-state index contributed by atoms with van der Waals surface area (Å²) in [5, 5.41) is 4.96. The Morgan fingerprint density at radius 1 is 0.219 bits per heavy atom. The van der Waals surface area contributed by atoms with Crippen LogP contribution in [0.2, 0.25) is 0 Å². The van der Waals surface area contributed by atoms with Crippen molar-refractivity contribution >= 4 is 77.7 Å². The molecule has 0 bridgehead atoms. The SMILES string of the molecule is c1ccc(N(c2ccccc2)c2ccc(N(c3ccccc3)c3cccc(-n4c5ccccc5c5cc(-c6ccc7c8ccccc8n(-c8ccccc8)c7c6)ccc54)c3)cc2)cc1. The van der Waals surface area contributed by atoms with Gasteiger partial charge < -0.3 is 18.9 Å². The van der Waals surface area contributed by atoms with Crippen molar-refractivity contribution in [2.24, 2.45) is 0 Å². The summed E-state index contributed by atoms with van der Waals surface area (Å²) in [6.07, 6.45) is 0. The Hall–Kier alpha value is -8.60. The van der Waals surface area contributed by atoms with E-state index in [4.69, 9.17) is 0 Å². The van der Waals surface area contributed by atoms with E-state index in [-0.39, 0.29) is 0 Å². The summed E-state index contributed by atoms with van der Waals surface area (Å²) in [6.45, 7) is 0. The van der Waals surface area contributed by atoms with Gasteiger partial charge in [-0.15, -0.1) is 0 Å². The first-order valence-corrected chi connectivity index (χ1v) is 21.8. The summed E-state index contributed by atoms with van der Waals surface area (Å²) in [5.41, 5.74) is 15.9. The molecule has 0 aliphatic heterocycles. The van der Waals surface area contributed by atoms with Gasteiger partial charge in [0.1, 0.15) is 0 Å². The van der Waals surface area contributed by atoms with Crippen molar-refractivity contribution in [3.63, 3.8) is 0 Å². The second kappa shape index (κ2) is 15.7. The van der Waals surface area contributed by atoms with Crippen LogP contribution in [0.3, 0.4) is 0 Å². The minimum absolute atomic E-state index is 1.07. The van der Waals surface area contributed by atoms with Gasteiger partial charge in [-0.3, -0.25) is 0 Å². The average molecular weight is 819 g/mol. The maximum Gasteiger partial charge on any atom is 0.0547 e. The average Bonchev–Trinajstić information content (AvgIpc) is 3.88. The molecule has 4 nitrogen and oxygen atoms in total. The van der Waals surface area contributed by atoms with Crippen LogP contribution in [0.5, 0.6) is 0 Å². The van der Waals surface area contributed by atoms with E-state index >= 15 is 0 Å². The van der Waals surface area contributed by atoms with E-state index in [9.17, 15) is 0 Å². The first-order chi connectivity index (χ1) is 31.8. The molecule has 0 saturated carbocycles. The Bertz CT molecular complexity index is 3550. The first kappa shape index (κ1) is 37.2. The molecular formula is C60H42N4. The van der Waals surface area contributed by atoms with Gasteiger partial charge in [-0.1, -0.05) is 133 Å². The molecule has 0 spiro atoms. The van der Waals surface area contributed by atoms with Gasteiger partial charge in [-0.05, 0) is 132 Å². The van der Waals surface area contributed by atoms with E-state index in [2.05, 4.69) is 274 Å². The molecule has 0 N–H and O–H groups in total. The first-order valence-electron chi connectivity index (χ1n) is 21.8. The number of hydrogen-bond donors (Lipinski definition) is 0. The molecular weight excluding hydrogens is 777 g/mol. The lowest BCUT2D eigenvalue weighted by Gasteiger charge is -2.28. The number of hydrogen-bond acceptors (Lipinski definition) is 2. The van der Waals surface area contributed by atoms with Gasteiger partial charge in [0.05, 0.1) is 22.1 Å². The number of aromatic nitrogens is 2. The van der Waals surface area contributed by atoms with E-state index in [0.29, 0.717) is 0 Å². The van der Waals surface area contributed by atoms with Crippen molar-refractivity contribution < 1.29 is 0 Å². The van der Waals surface area contributed by atoms with Crippen LogP contribution < -0.4 is 9.80 Å². The summed E-state index contributed by atoms with van der Waals surface area (Å²) < 4.78 is 4.81. The Labute approximate surface area is 372 Å². The Balaban J connectivity index is 0.959. The molecule has 0 radical (unpaired) electrons. The van der Waals surface area contributed by atoms with Crippen molar-refractivity contribution in [2.75, 3.05) is 9.80 Å². The molecule has 2 aromatic heterocycles. The molecule has 0 atom stereocenters. The fourth-order valence-corrected chi connectivity index (χ4v) is 9.58. The van der Waals surface area contributed by atoms with E-state index in [1.165, 1.54) is 54.7 Å². The van der Waals surface area contributed by atoms with Crippen LogP contribution in [-0.2, 0) is 0 Å². The zero-order valence-corrected chi connectivity index (χ0v) is 35.0. The highest BCUT2D eigenvalue weighted by Crippen LogP contribution is 2.42. The van der Waals surface area contributed by atoms with E-state index in [0.717, 1.165) is 45.5 Å². The molecule has 0 saturated heterocycles. The number of rotatable bonds is 9. The number of nitrogens with zero attached hydrogens (tertiary/aromatic N) is 4. The highest BCUT2D eigenvalue weighted by atomic mass is 15.2. The van der Waals surface area contributed by atoms with Crippen LogP contribution in [0.1, 0.15) is 0 Å². The predicted molar refractivity (Wildman–Crippen MR) is 270 cm³/mol. The normalized spacial score (nSPS) is 11.4. The van der Waals surface area contributed by atoms with Crippen LogP contribution in [-0.4, -0.2) is 9.13 Å². The minimum Gasteiger partial charge on any atom is -0.311 e. The lowest BCUT2D eigenvalue weighted by atomic mass is 10.0. The van der Waals surface area contributed by atoms with Gasteiger partial charge in [-0.2, -0.15) is 0 Å². The molecule has 10 aromatic carbocycles. The molecule has 0 unspecified atom stereocenters. The van der Waals surface area contributed by atoms with Crippen LogP contribution in [0.4, 0.5) is 34.1 Å². The summed E-state index contributed by atoms with van der Waals surface area (Å²) in [5.74, 6) is 0. The highest BCUT2D eigenvalue weighted by molar-refractivity contribution is 6.12. The van der Waals surface area contributed by atoms with Crippen molar-refractivity contribution in [1.82, 2.24) is 9.13 Å². The quantitative estimate of drug-likeness (QED) is 0.144. The second-order valence-electron chi connectivity index (χ2n) is 16.2. The molecule has 2 heterocycles. The fourth-order valence-electron chi connectivity index (χ4n) is 9.58. The van der Waals surface area contributed by atoms with Crippen LogP contribution in [0, 0.1) is 0 Å². The molecule has 12 rings (SSSR count). The summed E-state index contributed by atoms with van der Waals surface area (Å²) in [7, 11) is 0. The fraction of sp³-hybridized carbons (Fsp3) is 0. The number of para-hydroxylation sites is 6. The Morgan fingerprint density at radius 3 is 1.20 bits per heavy atom. The molecule has 64 heavy (non-hydrogen) atoms. The third-order valence-corrected chi connectivity index (χ3v) is 12.4. The maximum absolute atomic E-state index is 2.41. The zero-order chi connectivity index (χ0) is 42.4. The number of anilines is 6. The van der Waals surface area contributed by atoms with Crippen molar-refractivity contribution in [2.45, 2.75) is 0 Å². The van der Waals surface area contributed by atoms with Crippen LogP contribution in [0.25, 0.3) is 66.1 Å². The van der Waals surface area contributed by atoms with Crippen molar-refractivity contribution in [3.8, 4) is 22.5 Å². The molecule has 0 aliphatic rings. The molecule has 0 fully saturated rings. The largest absolute Gasteiger partial charge is 0.311 e. The molecule has 12 aromatic rings. The lowest BCUT2D eigenvalue weighted by molar-refractivity contribution is 1.17. The van der Waals surface area contributed by atoms with E-state index < -0.39 is 0 Å². The summed E-state index contributed by atoms with van der Waals surface area (Å²) in [6, 6.07) is 91.7. The van der Waals surface area contributed by atoms with Gasteiger partial charge in [0.25, 0.3) is 0 Å². The van der Waals surface area contributed by atoms with Crippen LogP contribution in [0.15, 0.2) is 255 Å². The second-order valence-corrected chi connectivity index (χ2v) is 16.2. The van der Waals surface area contributed by atoms with Gasteiger partial charge in [0, 0.05) is 67.0 Å². The van der Waals surface area contributed by atoms with Gasteiger partial charge in [0.15, 0.2) is 0 Å². The van der Waals surface area contributed by atoms with Gasteiger partial charge >= 0.3 is 0 Å². The van der Waals surface area contributed by atoms with Gasteiger partial charge in [-0.25, -0.2) is 0 Å². The molecule has 0 aliphatic carbocycles. The molecule has 0 amide bonds. The topological polar surface area (TPSA) is 16.3 Å². The molecule has 4 heteroatoms. The summed E-state index contributed by atoms with van der Waals surface area (Å²) in [4.78, 5) is 4.65. The van der Waals surface area contributed by atoms with Crippen molar-refractivity contribution in [3.05, 3.63) is 255 Å². The highest BCUT2D eigenvalue weighted by Gasteiger charge is 2.19. The van der Waals surface area contributed by atoms with E-state index in [1.54, 1.807) is 0 Å². The lowest BCUT2D eigenvalue weighted by Crippen LogP contribution is -2.12. The summed E-state index contributed by atoms with van der Waals surface area (Å²) >= 11 is 0. The van der Waals surface area contributed by atoms with Gasteiger partial charge in [0.2, 0.25) is 0 Å². The minimum atomic E-state index is 1.07. The third-order valence-electron chi connectivity index (χ3n) is 12.4. The Kier molecular flexibility index (Phi) is 9.12. The standard InChI is InChI=1S/C60H42N4/c1-5-18-45(19-6-1)61(46-20-7-2-8-21-46)49-34-36-50(37-35-49)62(47-22-9-3-10-23-47)51-26-17-27-52(42-51)64-58-31-16-14-29-54(58)56-40-43(33-39-59(56)64)44-32-38-55-53-28-13-15-30-57(53)63(60(55)41-44)48-24-11-4-12-25-48/h1-42H. The third kappa shape index (κ3) is 6.40. The van der Waals surface area contributed by atoms with E-state index in [1.807, 2.05) is 0 Å². The zero-order valence-electron chi connectivity index (χ0n) is 35.0.